The van der Waals surface area contributed by atoms with Crippen molar-refractivity contribution < 1.29 is 14.4 Å². The molecule has 0 saturated heterocycles. The number of amides is 1. The largest absolute Gasteiger partial charge is 0.393 e. The van der Waals surface area contributed by atoms with Crippen LogP contribution in [0.4, 0.5) is 5.69 Å². The third-order valence-corrected chi connectivity index (χ3v) is 6.84. The normalized spacial score (nSPS) is 21.1. The van der Waals surface area contributed by atoms with Crippen molar-refractivity contribution >= 4 is 28.8 Å². The van der Waals surface area contributed by atoms with E-state index in [0.717, 1.165) is 41.0 Å². The van der Waals surface area contributed by atoms with Gasteiger partial charge in [-0.15, -0.1) is 0 Å². The summed E-state index contributed by atoms with van der Waals surface area (Å²) in [6.07, 6.45) is 3.84. The van der Waals surface area contributed by atoms with Crippen molar-refractivity contribution in [3.8, 4) is 11.1 Å². The van der Waals surface area contributed by atoms with Crippen LogP contribution in [-0.2, 0) is 16.6 Å². The molecule has 3 aromatic rings. The minimum Gasteiger partial charge on any atom is -0.393 e. The van der Waals surface area contributed by atoms with Crippen LogP contribution in [0.2, 0.25) is 5.02 Å². The number of hydrogen-bond donors (Lipinski definition) is 2. The van der Waals surface area contributed by atoms with Gasteiger partial charge in [0.1, 0.15) is 5.76 Å². The third kappa shape index (κ3) is 4.23. The molecule has 2 N–H and O–H groups in total. The summed E-state index contributed by atoms with van der Waals surface area (Å²) in [6, 6.07) is 14.1. The van der Waals surface area contributed by atoms with Gasteiger partial charge >= 0.3 is 0 Å². The van der Waals surface area contributed by atoms with E-state index >= 15 is 0 Å². The Labute approximate surface area is 198 Å². The minimum atomic E-state index is -0.173. The Kier molecular flexibility index (Phi) is 5.42. The maximum absolute atomic E-state index is 12.7. The monoisotopic (exact) mass is 462 g/mol. The van der Waals surface area contributed by atoms with Gasteiger partial charge in [0, 0.05) is 34.6 Å². The first-order valence-corrected chi connectivity index (χ1v) is 11.7. The van der Waals surface area contributed by atoms with E-state index in [4.69, 9.17) is 16.1 Å². The highest BCUT2D eigenvalue weighted by Gasteiger charge is 2.29. The Morgan fingerprint density at radius 3 is 2.52 bits per heavy atom. The van der Waals surface area contributed by atoms with Crippen molar-refractivity contribution in [2.75, 3.05) is 5.32 Å². The Bertz CT molecular complexity index is 1250. The Morgan fingerprint density at radius 1 is 1.15 bits per heavy atom. The molecule has 0 bridgehead atoms. The van der Waals surface area contributed by atoms with Crippen molar-refractivity contribution in [1.29, 1.82) is 0 Å². The number of aliphatic hydroxyl groups excluding tert-OH is 1. The molecular weight excluding hydrogens is 436 g/mol. The number of allylic oxidation sites excluding steroid dienone is 1. The highest BCUT2D eigenvalue weighted by molar-refractivity contribution is 6.36. The van der Waals surface area contributed by atoms with Gasteiger partial charge in [-0.05, 0) is 42.0 Å². The Morgan fingerprint density at radius 2 is 1.88 bits per heavy atom. The van der Waals surface area contributed by atoms with Crippen LogP contribution in [-0.4, -0.2) is 22.3 Å². The van der Waals surface area contributed by atoms with Crippen molar-refractivity contribution in [3.05, 3.63) is 76.1 Å². The van der Waals surface area contributed by atoms with E-state index in [1.807, 2.05) is 24.3 Å². The summed E-state index contributed by atoms with van der Waals surface area (Å²) in [5.41, 5.74) is 6.07. The van der Waals surface area contributed by atoms with Crippen molar-refractivity contribution in [2.24, 2.45) is 0 Å². The molecule has 0 spiro atoms. The topological polar surface area (TPSA) is 75.4 Å². The Balaban J connectivity index is 1.42. The molecular formula is C27H27ClN2O3. The van der Waals surface area contributed by atoms with Crippen LogP contribution in [0, 0.1) is 0 Å². The molecule has 170 valence electrons. The molecule has 1 amide bonds. The van der Waals surface area contributed by atoms with Gasteiger partial charge in [-0.1, -0.05) is 67.9 Å². The second-order valence-corrected chi connectivity index (χ2v) is 10.4. The highest BCUT2D eigenvalue weighted by Crippen LogP contribution is 2.41. The average molecular weight is 463 g/mol. The number of hydrogen-bond acceptors (Lipinski definition) is 4. The summed E-state index contributed by atoms with van der Waals surface area (Å²) < 4.78 is 5.47. The lowest BCUT2D eigenvalue weighted by molar-refractivity contribution is -0.110. The fourth-order valence-corrected chi connectivity index (χ4v) is 4.67. The van der Waals surface area contributed by atoms with Crippen molar-refractivity contribution in [1.82, 2.24) is 5.16 Å². The molecule has 6 heteroatoms. The number of rotatable bonds is 4. The minimum absolute atomic E-state index is 0.0914. The number of anilines is 1. The van der Waals surface area contributed by atoms with Crippen molar-refractivity contribution in [3.63, 3.8) is 0 Å². The number of carbonyl (C=O) groups is 1. The first-order chi connectivity index (χ1) is 15.7. The number of benzene rings is 2. The molecule has 2 aliphatic rings. The summed E-state index contributed by atoms with van der Waals surface area (Å²) in [7, 11) is 0. The number of halogens is 1. The van der Waals surface area contributed by atoms with E-state index in [1.54, 1.807) is 0 Å². The van der Waals surface area contributed by atoms with E-state index < -0.39 is 0 Å². The average Bonchev–Trinajstić information content (AvgIpc) is 3.33. The summed E-state index contributed by atoms with van der Waals surface area (Å²) in [5.74, 6) is 1.00. The van der Waals surface area contributed by atoms with E-state index in [9.17, 15) is 9.90 Å². The number of nitrogens with zero attached hydrogens (tertiary/aromatic N) is 1. The number of carbonyl (C=O) groups excluding carboxylic acids is 1. The molecule has 2 heterocycles. The molecule has 33 heavy (non-hydrogen) atoms. The number of aliphatic hydroxyl groups is 1. The van der Waals surface area contributed by atoms with E-state index in [-0.39, 0.29) is 17.4 Å². The lowest BCUT2D eigenvalue weighted by Crippen LogP contribution is -2.26. The van der Waals surface area contributed by atoms with Crippen LogP contribution < -0.4 is 5.32 Å². The molecule has 5 nitrogen and oxygen atoms in total. The summed E-state index contributed by atoms with van der Waals surface area (Å²) in [5, 5.41) is 17.2. The zero-order valence-electron chi connectivity index (χ0n) is 19.0. The van der Waals surface area contributed by atoms with Gasteiger partial charge in [0.05, 0.1) is 22.5 Å². The highest BCUT2D eigenvalue weighted by atomic mass is 35.5. The van der Waals surface area contributed by atoms with Crippen molar-refractivity contribution in [2.45, 2.75) is 57.5 Å². The van der Waals surface area contributed by atoms with Gasteiger partial charge in [-0.25, -0.2) is 0 Å². The molecule has 0 radical (unpaired) electrons. The SMILES string of the molecule is CC(C)(C)c1cc(CC=C2C(=O)Nc3cc(Cl)c(-c4ccc(C5CC(O)C5)cc4)cc32)on1. The zero-order chi connectivity index (χ0) is 23.3. The molecule has 2 aromatic carbocycles. The fourth-order valence-electron chi connectivity index (χ4n) is 4.40. The molecule has 1 aliphatic heterocycles. The van der Waals surface area contributed by atoms with Gasteiger partial charge in [0.2, 0.25) is 0 Å². The lowest BCUT2D eigenvalue weighted by Gasteiger charge is -2.31. The lowest BCUT2D eigenvalue weighted by atomic mass is 9.77. The number of nitrogens with one attached hydrogen (secondary N) is 1. The zero-order valence-corrected chi connectivity index (χ0v) is 19.7. The van der Waals surface area contributed by atoms with Gasteiger partial charge in [-0.2, -0.15) is 0 Å². The van der Waals surface area contributed by atoms with Gasteiger partial charge in [-0.3, -0.25) is 4.79 Å². The van der Waals surface area contributed by atoms with Gasteiger partial charge < -0.3 is 14.9 Å². The molecule has 5 rings (SSSR count). The molecule has 0 unspecified atom stereocenters. The van der Waals surface area contributed by atoms with E-state index in [0.29, 0.717) is 28.6 Å². The van der Waals surface area contributed by atoms with Crippen LogP contribution in [0.15, 0.2) is 53.1 Å². The van der Waals surface area contributed by atoms with Crippen LogP contribution in [0.5, 0.6) is 0 Å². The quantitative estimate of drug-likeness (QED) is 0.459. The van der Waals surface area contributed by atoms with Crippen LogP contribution in [0.1, 0.15) is 62.1 Å². The summed E-state index contributed by atoms with van der Waals surface area (Å²) >= 11 is 6.59. The maximum Gasteiger partial charge on any atom is 0.256 e. The predicted octanol–water partition coefficient (Wildman–Crippen LogP) is 6.11. The molecule has 1 saturated carbocycles. The van der Waals surface area contributed by atoms with Gasteiger partial charge in [0.15, 0.2) is 0 Å². The summed E-state index contributed by atoms with van der Waals surface area (Å²) in [6.45, 7) is 6.25. The summed E-state index contributed by atoms with van der Waals surface area (Å²) in [4.78, 5) is 12.7. The molecule has 0 atom stereocenters. The van der Waals surface area contributed by atoms with Crippen LogP contribution in [0.3, 0.4) is 0 Å². The van der Waals surface area contributed by atoms with Crippen LogP contribution in [0.25, 0.3) is 16.7 Å². The maximum atomic E-state index is 12.7. The number of aromatic nitrogens is 1. The second-order valence-electron chi connectivity index (χ2n) is 10.0. The molecule has 1 aromatic heterocycles. The molecule has 1 fully saturated rings. The first kappa shape index (κ1) is 21.9. The van der Waals surface area contributed by atoms with Crippen LogP contribution >= 0.6 is 11.6 Å². The van der Waals surface area contributed by atoms with E-state index in [1.165, 1.54) is 5.56 Å². The molecule has 1 aliphatic carbocycles. The van der Waals surface area contributed by atoms with Gasteiger partial charge in [0.25, 0.3) is 5.91 Å². The predicted molar refractivity (Wildman–Crippen MR) is 130 cm³/mol. The Hall–Kier alpha value is -2.89. The second kappa shape index (κ2) is 8.15. The third-order valence-electron chi connectivity index (χ3n) is 6.53. The fraction of sp³-hybridized carbons (Fsp3) is 0.333. The smallest absolute Gasteiger partial charge is 0.256 e. The number of fused-ring (bicyclic) bond motifs is 1. The van der Waals surface area contributed by atoms with E-state index in [2.05, 4.69) is 55.5 Å². The standard InChI is InChI=1S/C27H27ClN2O3/c1-27(2,3)25-12-19(33-30-25)8-9-20-22-13-21(23(28)14-24(22)29-26(20)32)16-6-4-15(5-7-16)17-10-18(31)11-17/h4-7,9,12-14,17-18,31H,8,10-11H2,1-3H3,(H,29,32). The first-order valence-electron chi connectivity index (χ1n) is 11.3.